The predicted octanol–water partition coefficient (Wildman–Crippen LogP) is 1.44. The van der Waals surface area contributed by atoms with Crippen molar-refractivity contribution in [3.63, 3.8) is 0 Å². The molecule has 0 spiro atoms. The molecule has 1 aromatic carbocycles. The first-order valence-corrected chi connectivity index (χ1v) is 6.39. The van der Waals surface area contributed by atoms with Crippen LogP contribution in [-0.4, -0.2) is 41.7 Å². The molecule has 4 heteroatoms. The van der Waals surface area contributed by atoms with Crippen molar-refractivity contribution in [2.75, 3.05) is 19.8 Å². The first kappa shape index (κ1) is 12.9. The molecule has 18 heavy (non-hydrogen) atoms. The van der Waals surface area contributed by atoms with Gasteiger partial charge in [0.1, 0.15) is 5.75 Å². The van der Waals surface area contributed by atoms with Gasteiger partial charge in [-0.1, -0.05) is 18.2 Å². The van der Waals surface area contributed by atoms with Gasteiger partial charge in [-0.25, -0.2) is 0 Å². The molecule has 0 saturated heterocycles. The summed E-state index contributed by atoms with van der Waals surface area (Å²) in [6, 6.07) is 9.60. The molecule has 0 aromatic heterocycles. The van der Waals surface area contributed by atoms with Gasteiger partial charge in [0.15, 0.2) is 6.61 Å². The van der Waals surface area contributed by atoms with Crippen LogP contribution in [0, 0.1) is 0 Å². The summed E-state index contributed by atoms with van der Waals surface area (Å²) >= 11 is 0. The fourth-order valence-electron chi connectivity index (χ4n) is 2.06. The summed E-state index contributed by atoms with van der Waals surface area (Å²) in [4.78, 5) is 13.8. The minimum Gasteiger partial charge on any atom is -0.484 e. The van der Waals surface area contributed by atoms with E-state index in [1.54, 1.807) is 4.90 Å². The Balaban J connectivity index is 1.85. The number of amides is 1. The molecule has 0 radical (unpaired) electrons. The summed E-state index contributed by atoms with van der Waals surface area (Å²) in [5.74, 6) is 0.654. The summed E-state index contributed by atoms with van der Waals surface area (Å²) < 4.78 is 5.44. The first-order valence-electron chi connectivity index (χ1n) is 6.39. The topological polar surface area (TPSA) is 49.8 Å². The maximum absolute atomic E-state index is 12.0. The van der Waals surface area contributed by atoms with Crippen LogP contribution in [0.5, 0.6) is 5.75 Å². The molecular weight excluding hydrogens is 230 g/mol. The SMILES string of the molecule is O=C(COc1ccccc1)N(CCO)C1CCC1. The number of ether oxygens (including phenoxy) is 1. The lowest BCUT2D eigenvalue weighted by atomic mass is 9.91. The number of benzene rings is 1. The number of aliphatic hydroxyl groups excluding tert-OH is 1. The van der Waals surface area contributed by atoms with E-state index in [0.717, 1.165) is 12.8 Å². The van der Waals surface area contributed by atoms with E-state index in [2.05, 4.69) is 0 Å². The van der Waals surface area contributed by atoms with Crippen molar-refractivity contribution in [3.8, 4) is 5.75 Å². The zero-order chi connectivity index (χ0) is 12.8. The van der Waals surface area contributed by atoms with Gasteiger partial charge in [-0.2, -0.15) is 0 Å². The van der Waals surface area contributed by atoms with Gasteiger partial charge in [0.25, 0.3) is 5.91 Å². The second kappa shape index (κ2) is 6.40. The average Bonchev–Trinajstić information content (AvgIpc) is 2.34. The lowest BCUT2D eigenvalue weighted by Gasteiger charge is -2.37. The normalized spacial score (nSPS) is 14.9. The number of para-hydroxylation sites is 1. The monoisotopic (exact) mass is 249 g/mol. The maximum Gasteiger partial charge on any atom is 0.260 e. The quantitative estimate of drug-likeness (QED) is 0.830. The molecule has 1 N–H and O–H groups in total. The Morgan fingerprint density at radius 2 is 2.06 bits per heavy atom. The number of hydrogen-bond acceptors (Lipinski definition) is 3. The van der Waals surface area contributed by atoms with E-state index in [9.17, 15) is 4.79 Å². The van der Waals surface area contributed by atoms with E-state index in [1.165, 1.54) is 6.42 Å². The van der Waals surface area contributed by atoms with Gasteiger partial charge in [0, 0.05) is 12.6 Å². The largest absolute Gasteiger partial charge is 0.484 e. The highest BCUT2D eigenvalue weighted by molar-refractivity contribution is 5.78. The Hall–Kier alpha value is -1.55. The van der Waals surface area contributed by atoms with Crippen LogP contribution in [0.25, 0.3) is 0 Å². The van der Waals surface area contributed by atoms with Gasteiger partial charge in [-0.3, -0.25) is 4.79 Å². The fourth-order valence-corrected chi connectivity index (χ4v) is 2.06. The van der Waals surface area contributed by atoms with Crippen LogP contribution >= 0.6 is 0 Å². The molecule has 1 aromatic rings. The van der Waals surface area contributed by atoms with E-state index in [4.69, 9.17) is 9.84 Å². The van der Waals surface area contributed by atoms with Crippen molar-refractivity contribution < 1.29 is 14.6 Å². The van der Waals surface area contributed by atoms with Crippen LogP contribution in [-0.2, 0) is 4.79 Å². The standard InChI is InChI=1S/C14H19NO3/c16-10-9-15(12-5-4-6-12)14(17)11-18-13-7-2-1-3-8-13/h1-3,7-8,12,16H,4-6,9-11H2. The minimum atomic E-state index is -0.0439. The summed E-state index contributed by atoms with van der Waals surface area (Å²) in [6.07, 6.45) is 3.24. The summed E-state index contributed by atoms with van der Waals surface area (Å²) in [7, 11) is 0. The number of carbonyl (C=O) groups excluding carboxylic acids is 1. The van der Waals surface area contributed by atoms with Gasteiger partial charge < -0.3 is 14.7 Å². The number of carbonyl (C=O) groups is 1. The van der Waals surface area contributed by atoms with Crippen LogP contribution in [0.15, 0.2) is 30.3 Å². The fraction of sp³-hybridized carbons (Fsp3) is 0.500. The number of aliphatic hydroxyl groups is 1. The molecule has 98 valence electrons. The minimum absolute atomic E-state index is 0.00752. The summed E-state index contributed by atoms with van der Waals surface area (Å²) in [6.45, 7) is 0.454. The molecule has 1 aliphatic carbocycles. The van der Waals surface area contributed by atoms with E-state index in [0.29, 0.717) is 18.3 Å². The van der Waals surface area contributed by atoms with Crippen molar-refractivity contribution in [1.29, 1.82) is 0 Å². The molecule has 0 atom stereocenters. The smallest absolute Gasteiger partial charge is 0.260 e. The van der Waals surface area contributed by atoms with Gasteiger partial charge in [0.05, 0.1) is 6.61 Å². The van der Waals surface area contributed by atoms with Crippen molar-refractivity contribution in [3.05, 3.63) is 30.3 Å². The lowest BCUT2D eigenvalue weighted by Crippen LogP contribution is -2.47. The lowest BCUT2D eigenvalue weighted by molar-refractivity contribution is -0.138. The summed E-state index contributed by atoms with van der Waals surface area (Å²) in [5.41, 5.74) is 0. The molecule has 2 rings (SSSR count). The third-order valence-corrected chi connectivity index (χ3v) is 3.28. The van der Waals surface area contributed by atoms with Crippen molar-refractivity contribution in [1.82, 2.24) is 4.90 Å². The van der Waals surface area contributed by atoms with E-state index in [1.807, 2.05) is 30.3 Å². The predicted molar refractivity (Wildman–Crippen MR) is 68.4 cm³/mol. The molecule has 0 aliphatic heterocycles. The highest BCUT2D eigenvalue weighted by atomic mass is 16.5. The molecular formula is C14H19NO3. The Morgan fingerprint density at radius 3 is 2.61 bits per heavy atom. The van der Waals surface area contributed by atoms with Gasteiger partial charge in [-0.05, 0) is 31.4 Å². The molecule has 4 nitrogen and oxygen atoms in total. The third-order valence-electron chi connectivity index (χ3n) is 3.28. The van der Waals surface area contributed by atoms with Gasteiger partial charge >= 0.3 is 0 Å². The molecule has 1 amide bonds. The maximum atomic E-state index is 12.0. The van der Waals surface area contributed by atoms with Crippen LogP contribution in [0.2, 0.25) is 0 Å². The Bertz CT molecular complexity index is 376. The zero-order valence-corrected chi connectivity index (χ0v) is 10.4. The number of nitrogens with zero attached hydrogens (tertiary/aromatic N) is 1. The molecule has 0 unspecified atom stereocenters. The molecule has 0 bridgehead atoms. The van der Waals surface area contributed by atoms with Crippen LogP contribution in [0.4, 0.5) is 0 Å². The average molecular weight is 249 g/mol. The second-order valence-electron chi connectivity index (χ2n) is 4.50. The van der Waals surface area contributed by atoms with E-state index in [-0.39, 0.29) is 19.1 Å². The van der Waals surface area contributed by atoms with Crippen molar-refractivity contribution in [2.45, 2.75) is 25.3 Å². The Morgan fingerprint density at radius 1 is 1.33 bits per heavy atom. The highest BCUT2D eigenvalue weighted by Gasteiger charge is 2.28. The van der Waals surface area contributed by atoms with Crippen molar-refractivity contribution in [2.24, 2.45) is 0 Å². The van der Waals surface area contributed by atoms with Crippen LogP contribution in [0.1, 0.15) is 19.3 Å². The number of rotatable bonds is 6. The highest BCUT2D eigenvalue weighted by Crippen LogP contribution is 2.24. The third kappa shape index (κ3) is 3.23. The first-order chi connectivity index (χ1) is 8.81. The van der Waals surface area contributed by atoms with Crippen LogP contribution in [0.3, 0.4) is 0 Å². The van der Waals surface area contributed by atoms with Crippen molar-refractivity contribution >= 4 is 5.91 Å². The van der Waals surface area contributed by atoms with Gasteiger partial charge in [-0.15, -0.1) is 0 Å². The van der Waals surface area contributed by atoms with E-state index >= 15 is 0 Å². The summed E-state index contributed by atoms with van der Waals surface area (Å²) in [5, 5.41) is 9.00. The molecule has 0 heterocycles. The second-order valence-corrected chi connectivity index (χ2v) is 4.50. The number of hydrogen-bond donors (Lipinski definition) is 1. The Labute approximate surface area is 107 Å². The Kier molecular flexibility index (Phi) is 4.59. The van der Waals surface area contributed by atoms with Crippen LogP contribution < -0.4 is 4.74 Å². The molecule has 1 saturated carbocycles. The molecule has 1 aliphatic rings. The zero-order valence-electron chi connectivity index (χ0n) is 10.4. The van der Waals surface area contributed by atoms with Gasteiger partial charge in [0.2, 0.25) is 0 Å². The van der Waals surface area contributed by atoms with E-state index < -0.39 is 0 Å². The molecule has 1 fully saturated rings.